The van der Waals surface area contributed by atoms with Gasteiger partial charge in [0.1, 0.15) is 5.54 Å². The van der Waals surface area contributed by atoms with Gasteiger partial charge >= 0.3 is 0 Å². The Hall–Kier alpha value is -0.240. The molecule has 2 unspecified atom stereocenters. The Morgan fingerprint density at radius 3 is 2.50 bits per heavy atom. The van der Waals surface area contributed by atoms with E-state index in [1.54, 1.807) is 0 Å². The van der Waals surface area contributed by atoms with Crippen molar-refractivity contribution >= 4 is 11.8 Å². The average molecular weight is 272 g/mol. The number of nitrogens with zero attached hydrogens (tertiary/aromatic N) is 1. The fourth-order valence-corrected chi connectivity index (χ4v) is 2.90. The predicted octanol–water partition coefficient (Wildman–Crippen LogP) is 2.80. The molecule has 0 aromatic rings. The maximum atomic E-state index is 9.20. The molecule has 0 saturated carbocycles. The number of rotatable bonds is 10. The van der Waals surface area contributed by atoms with E-state index < -0.39 is 5.54 Å². The van der Waals surface area contributed by atoms with E-state index in [2.05, 4.69) is 32.2 Å². The van der Waals surface area contributed by atoms with Crippen LogP contribution in [0.15, 0.2) is 0 Å². The van der Waals surface area contributed by atoms with Crippen LogP contribution in [0.3, 0.4) is 0 Å². The summed E-state index contributed by atoms with van der Waals surface area (Å²) in [7, 11) is 0. The molecule has 2 atom stereocenters. The SMILES string of the molecule is CC(CO)CSCCCCC(C)(C#N)NC(C)C. The third-order valence-electron chi connectivity index (χ3n) is 2.78. The molecule has 0 radical (unpaired) electrons. The molecule has 18 heavy (non-hydrogen) atoms. The minimum atomic E-state index is -0.392. The minimum absolute atomic E-state index is 0.276. The zero-order valence-corrected chi connectivity index (χ0v) is 13.0. The molecule has 0 amide bonds. The molecule has 0 fully saturated rings. The Kier molecular flexibility index (Phi) is 9.53. The van der Waals surface area contributed by atoms with Gasteiger partial charge in [-0.1, -0.05) is 6.92 Å². The van der Waals surface area contributed by atoms with Crippen LogP contribution in [-0.4, -0.2) is 34.8 Å². The van der Waals surface area contributed by atoms with Crippen LogP contribution < -0.4 is 5.32 Å². The van der Waals surface area contributed by atoms with Crippen molar-refractivity contribution in [1.29, 1.82) is 5.26 Å². The van der Waals surface area contributed by atoms with E-state index in [1.807, 2.05) is 18.7 Å². The van der Waals surface area contributed by atoms with Crippen molar-refractivity contribution in [3.8, 4) is 6.07 Å². The van der Waals surface area contributed by atoms with Gasteiger partial charge in [0, 0.05) is 12.6 Å². The van der Waals surface area contributed by atoms with Crippen LogP contribution in [-0.2, 0) is 0 Å². The van der Waals surface area contributed by atoms with E-state index in [0.29, 0.717) is 12.0 Å². The molecule has 0 saturated heterocycles. The second-order valence-electron chi connectivity index (χ2n) is 5.56. The highest BCUT2D eigenvalue weighted by Crippen LogP contribution is 2.16. The highest BCUT2D eigenvalue weighted by Gasteiger charge is 2.23. The summed E-state index contributed by atoms with van der Waals surface area (Å²) >= 11 is 1.89. The molecule has 2 N–H and O–H groups in total. The summed E-state index contributed by atoms with van der Waals surface area (Å²) in [6.07, 6.45) is 3.11. The highest BCUT2D eigenvalue weighted by molar-refractivity contribution is 7.99. The van der Waals surface area contributed by atoms with Crippen LogP contribution in [0.1, 0.15) is 47.0 Å². The summed E-state index contributed by atoms with van der Waals surface area (Å²) in [6.45, 7) is 8.46. The van der Waals surface area contributed by atoms with Crippen LogP contribution in [0, 0.1) is 17.2 Å². The number of unbranched alkanes of at least 4 members (excludes halogenated alkanes) is 1. The first kappa shape index (κ1) is 17.8. The molecule has 0 aliphatic rings. The lowest BCUT2D eigenvalue weighted by Crippen LogP contribution is -2.44. The number of aliphatic hydroxyl groups is 1. The van der Waals surface area contributed by atoms with Crippen molar-refractivity contribution in [3.63, 3.8) is 0 Å². The molecule has 0 aliphatic carbocycles. The third kappa shape index (κ3) is 8.79. The average Bonchev–Trinajstić information content (AvgIpc) is 2.32. The van der Waals surface area contributed by atoms with E-state index in [0.717, 1.165) is 30.8 Å². The summed E-state index contributed by atoms with van der Waals surface area (Å²) in [6, 6.07) is 2.72. The summed E-state index contributed by atoms with van der Waals surface area (Å²) in [5.41, 5.74) is -0.392. The van der Waals surface area contributed by atoms with Gasteiger partial charge in [-0.25, -0.2) is 0 Å². The molecule has 0 aromatic carbocycles. The monoisotopic (exact) mass is 272 g/mol. The molecular formula is C14H28N2OS. The van der Waals surface area contributed by atoms with Crippen LogP contribution in [0.2, 0.25) is 0 Å². The van der Waals surface area contributed by atoms with Crippen molar-refractivity contribution in [2.75, 3.05) is 18.1 Å². The Morgan fingerprint density at radius 2 is 2.00 bits per heavy atom. The normalized spacial score (nSPS) is 16.3. The molecule has 0 spiro atoms. The fourth-order valence-electron chi connectivity index (χ4n) is 1.82. The number of nitrogens with one attached hydrogen (secondary N) is 1. The van der Waals surface area contributed by atoms with Crippen LogP contribution in [0.4, 0.5) is 0 Å². The van der Waals surface area contributed by atoms with Crippen LogP contribution >= 0.6 is 11.8 Å². The molecule has 0 heterocycles. The largest absolute Gasteiger partial charge is 0.396 e. The number of hydrogen-bond donors (Lipinski definition) is 2. The molecular weight excluding hydrogens is 244 g/mol. The summed E-state index contributed by atoms with van der Waals surface area (Å²) in [4.78, 5) is 0. The van der Waals surface area contributed by atoms with Gasteiger partial charge < -0.3 is 5.11 Å². The first-order chi connectivity index (χ1) is 8.43. The Balaban J connectivity index is 3.66. The van der Waals surface area contributed by atoms with E-state index >= 15 is 0 Å². The van der Waals surface area contributed by atoms with Crippen LogP contribution in [0.25, 0.3) is 0 Å². The van der Waals surface area contributed by atoms with Crippen molar-refractivity contribution in [2.24, 2.45) is 5.92 Å². The minimum Gasteiger partial charge on any atom is -0.396 e. The Morgan fingerprint density at radius 1 is 1.33 bits per heavy atom. The Bertz CT molecular complexity index is 253. The second-order valence-corrected chi connectivity index (χ2v) is 6.71. The first-order valence-corrected chi connectivity index (χ1v) is 7.96. The number of aliphatic hydroxyl groups excluding tert-OH is 1. The lowest BCUT2D eigenvalue weighted by Gasteiger charge is -2.25. The van der Waals surface area contributed by atoms with E-state index in [-0.39, 0.29) is 6.61 Å². The van der Waals surface area contributed by atoms with Gasteiger partial charge in [0.2, 0.25) is 0 Å². The zero-order chi connectivity index (χ0) is 14.0. The standard InChI is InChI=1S/C14H28N2OS/c1-12(2)16-14(4,11-15)7-5-6-8-18-10-13(3)9-17/h12-13,16-17H,5-10H2,1-4H3. The topological polar surface area (TPSA) is 56.0 Å². The molecule has 3 nitrogen and oxygen atoms in total. The maximum absolute atomic E-state index is 9.20. The second kappa shape index (κ2) is 9.66. The smallest absolute Gasteiger partial charge is 0.104 e. The summed E-state index contributed by atoms with van der Waals surface area (Å²) in [5, 5.41) is 21.4. The van der Waals surface area contributed by atoms with Crippen LogP contribution in [0.5, 0.6) is 0 Å². The van der Waals surface area contributed by atoms with Gasteiger partial charge in [0.05, 0.1) is 6.07 Å². The number of thioether (sulfide) groups is 1. The highest BCUT2D eigenvalue weighted by atomic mass is 32.2. The Labute approximate surface area is 116 Å². The first-order valence-electron chi connectivity index (χ1n) is 6.81. The fraction of sp³-hybridized carbons (Fsp3) is 0.929. The van der Waals surface area contributed by atoms with Crippen molar-refractivity contribution in [1.82, 2.24) is 5.32 Å². The van der Waals surface area contributed by atoms with Gasteiger partial charge in [0.25, 0.3) is 0 Å². The van der Waals surface area contributed by atoms with E-state index in [4.69, 9.17) is 5.11 Å². The number of nitriles is 1. The summed E-state index contributed by atoms with van der Waals surface area (Å²) in [5.74, 6) is 2.53. The molecule has 4 heteroatoms. The van der Waals surface area contributed by atoms with E-state index in [9.17, 15) is 5.26 Å². The van der Waals surface area contributed by atoms with Crippen molar-refractivity contribution in [2.45, 2.75) is 58.5 Å². The van der Waals surface area contributed by atoms with Gasteiger partial charge in [-0.05, 0) is 57.5 Å². The van der Waals surface area contributed by atoms with Crippen molar-refractivity contribution < 1.29 is 5.11 Å². The molecule has 0 aromatic heterocycles. The van der Waals surface area contributed by atoms with Gasteiger partial charge in [0.15, 0.2) is 0 Å². The quantitative estimate of drug-likeness (QED) is 0.600. The van der Waals surface area contributed by atoms with Crippen molar-refractivity contribution in [3.05, 3.63) is 0 Å². The predicted molar refractivity (Wildman–Crippen MR) is 79.7 cm³/mol. The van der Waals surface area contributed by atoms with Gasteiger partial charge in [-0.2, -0.15) is 17.0 Å². The maximum Gasteiger partial charge on any atom is 0.104 e. The molecule has 106 valence electrons. The summed E-state index contributed by atoms with van der Waals surface area (Å²) < 4.78 is 0. The number of hydrogen-bond acceptors (Lipinski definition) is 4. The molecule has 0 bridgehead atoms. The van der Waals surface area contributed by atoms with E-state index in [1.165, 1.54) is 0 Å². The lowest BCUT2D eigenvalue weighted by molar-refractivity contribution is 0.250. The third-order valence-corrected chi connectivity index (χ3v) is 4.17. The molecule has 0 rings (SSSR count). The van der Waals surface area contributed by atoms with Gasteiger partial charge in [-0.15, -0.1) is 0 Å². The molecule has 0 aliphatic heterocycles. The lowest BCUT2D eigenvalue weighted by atomic mass is 9.96. The zero-order valence-electron chi connectivity index (χ0n) is 12.2. The van der Waals surface area contributed by atoms with Gasteiger partial charge in [-0.3, -0.25) is 5.32 Å².